The van der Waals surface area contributed by atoms with Gasteiger partial charge in [-0.1, -0.05) is 30.3 Å². The Balaban J connectivity index is 1.83. The molecule has 3 nitrogen and oxygen atoms in total. The van der Waals surface area contributed by atoms with Crippen LogP contribution in [0.1, 0.15) is 18.4 Å². The molecular weight excluding hydrogens is 212 g/mol. The van der Waals surface area contributed by atoms with Gasteiger partial charge in [-0.15, -0.1) is 0 Å². The number of rotatable bonds is 4. The first kappa shape index (κ1) is 12.1. The summed E-state index contributed by atoms with van der Waals surface area (Å²) in [5.74, 6) is 0. The van der Waals surface area contributed by atoms with Gasteiger partial charge in [-0.2, -0.15) is 5.26 Å². The highest BCUT2D eigenvalue weighted by atomic mass is 16.5. The lowest BCUT2D eigenvalue weighted by Crippen LogP contribution is -2.38. The minimum atomic E-state index is -0.278. The first-order valence-corrected chi connectivity index (χ1v) is 6.08. The average Bonchev–Trinajstić information content (AvgIpc) is 2.41. The second-order valence-corrected chi connectivity index (χ2v) is 4.62. The van der Waals surface area contributed by atoms with Crippen molar-refractivity contribution in [3.63, 3.8) is 0 Å². The molecule has 0 aromatic heterocycles. The summed E-state index contributed by atoms with van der Waals surface area (Å²) in [5.41, 5.74) is 0.884. The van der Waals surface area contributed by atoms with Crippen LogP contribution in [0.5, 0.6) is 0 Å². The monoisotopic (exact) mass is 230 g/mol. The van der Waals surface area contributed by atoms with Crippen LogP contribution in [0.3, 0.4) is 0 Å². The number of nitrogens with one attached hydrogen (secondary N) is 1. The Hall–Kier alpha value is -1.37. The molecule has 1 aromatic rings. The predicted molar refractivity (Wildman–Crippen MR) is 66.2 cm³/mol. The van der Waals surface area contributed by atoms with E-state index in [1.54, 1.807) is 0 Å². The standard InChI is InChI=1S/C14H18N2O/c15-11-14(6-8-16-9-7-14)12-17-10-13-4-2-1-3-5-13/h1-5,16H,6-10,12H2. The molecule has 90 valence electrons. The molecule has 2 rings (SSSR count). The lowest BCUT2D eigenvalue weighted by atomic mass is 9.81. The van der Waals surface area contributed by atoms with E-state index in [1.165, 1.54) is 0 Å². The van der Waals surface area contributed by atoms with Crippen molar-refractivity contribution in [1.82, 2.24) is 5.32 Å². The van der Waals surface area contributed by atoms with Crippen molar-refractivity contribution in [2.75, 3.05) is 19.7 Å². The van der Waals surface area contributed by atoms with Crippen molar-refractivity contribution in [1.29, 1.82) is 5.26 Å². The maximum atomic E-state index is 9.28. The Bertz CT molecular complexity index is 377. The Labute approximate surface area is 102 Å². The molecule has 0 spiro atoms. The van der Waals surface area contributed by atoms with Crippen molar-refractivity contribution in [2.24, 2.45) is 5.41 Å². The highest BCUT2D eigenvalue weighted by molar-refractivity contribution is 5.13. The first-order valence-electron chi connectivity index (χ1n) is 6.08. The number of benzene rings is 1. The van der Waals surface area contributed by atoms with Crippen LogP contribution in [0.25, 0.3) is 0 Å². The number of ether oxygens (including phenoxy) is 1. The van der Waals surface area contributed by atoms with E-state index in [1.807, 2.05) is 30.3 Å². The van der Waals surface area contributed by atoms with Gasteiger partial charge in [-0.05, 0) is 31.5 Å². The van der Waals surface area contributed by atoms with Crippen LogP contribution in [0.15, 0.2) is 30.3 Å². The molecule has 1 aliphatic rings. The van der Waals surface area contributed by atoms with Gasteiger partial charge in [0.15, 0.2) is 0 Å². The van der Waals surface area contributed by atoms with Crippen LogP contribution in [-0.2, 0) is 11.3 Å². The number of piperidine rings is 1. The zero-order valence-electron chi connectivity index (χ0n) is 9.98. The lowest BCUT2D eigenvalue weighted by Gasteiger charge is -2.30. The van der Waals surface area contributed by atoms with Gasteiger partial charge in [0.05, 0.1) is 24.7 Å². The maximum Gasteiger partial charge on any atom is 0.0831 e. The highest BCUT2D eigenvalue weighted by Crippen LogP contribution is 2.28. The smallest absolute Gasteiger partial charge is 0.0831 e. The molecule has 0 aliphatic carbocycles. The van der Waals surface area contributed by atoms with Gasteiger partial charge in [-0.25, -0.2) is 0 Å². The molecule has 1 aromatic carbocycles. The third kappa shape index (κ3) is 3.29. The van der Waals surface area contributed by atoms with E-state index in [0.717, 1.165) is 31.5 Å². The van der Waals surface area contributed by atoms with Crippen molar-refractivity contribution >= 4 is 0 Å². The minimum absolute atomic E-state index is 0.278. The number of nitriles is 1. The van der Waals surface area contributed by atoms with Crippen molar-refractivity contribution in [3.8, 4) is 6.07 Å². The molecule has 1 fully saturated rings. The molecule has 0 radical (unpaired) electrons. The van der Waals surface area contributed by atoms with Gasteiger partial charge in [0.1, 0.15) is 0 Å². The fourth-order valence-electron chi connectivity index (χ4n) is 2.13. The van der Waals surface area contributed by atoms with Gasteiger partial charge >= 0.3 is 0 Å². The molecule has 1 N–H and O–H groups in total. The van der Waals surface area contributed by atoms with Crippen LogP contribution in [0.4, 0.5) is 0 Å². The second kappa shape index (κ2) is 5.81. The first-order chi connectivity index (χ1) is 8.35. The lowest BCUT2D eigenvalue weighted by molar-refractivity contribution is 0.0454. The minimum Gasteiger partial charge on any atom is -0.375 e. The summed E-state index contributed by atoms with van der Waals surface area (Å²) in [6, 6.07) is 12.5. The third-order valence-corrected chi connectivity index (χ3v) is 3.29. The maximum absolute atomic E-state index is 9.28. The topological polar surface area (TPSA) is 45.0 Å². The Kier molecular flexibility index (Phi) is 4.13. The zero-order valence-corrected chi connectivity index (χ0v) is 9.98. The highest BCUT2D eigenvalue weighted by Gasteiger charge is 2.32. The van der Waals surface area contributed by atoms with Crippen LogP contribution in [-0.4, -0.2) is 19.7 Å². The molecule has 0 saturated carbocycles. The molecule has 0 unspecified atom stereocenters. The Morgan fingerprint density at radius 2 is 1.94 bits per heavy atom. The molecular formula is C14H18N2O. The van der Waals surface area contributed by atoms with Crippen LogP contribution >= 0.6 is 0 Å². The van der Waals surface area contributed by atoms with E-state index in [2.05, 4.69) is 11.4 Å². The number of hydrogen-bond acceptors (Lipinski definition) is 3. The van der Waals surface area contributed by atoms with Gasteiger partial charge in [0.2, 0.25) is 0 Å². The fourth-order valence-corrected chi connectivity index (χ4v) is 2.13. The van der Waals surface area contributed by atoms with E-state index in [9.17, 15) is 5.26 Å². The second-order valence-electron chi connectivity index (χ2n) is 4.62. The quantitative estimate of drug-likeness (QED) is 0.861. The van der Waals surface area contributed by atoms with Gasteiger partial charge in [0, 0.05) is 0 Å². The van der Waals surface area contributed by atoms with Crippen LogP contribution in [0.2, 0.25) is 0 Å². The van der Waals surface area contributed by atoms with E-state index in [4.69, 9.17) is 4.74 Å². The SMILES string of the molecule is N#CC1(COCc2ccccc2)CCNCC1. The summed E-state index contributed by atoms with van der Waals surface area (Å²) in [7, 11) is 0. The predicted octanol–water partition coefficient (Wildman–Crippen LogP) is 2.10. The fraction of sp³-hybridized carbons (Fsp3) is 0.500. The molecule has 17 heavy (non-hydrogen) atoms. The Morgan fingerprint density at radius 3 is 2.59 bits per heavy atom. The van der Waals surface area contributed by atoms with Crippen molar-refractivity contribution < 1.29 is 4.74 Å². The molecule has 3 heteroatoms. The van der Waals surface area contributed by atoms with E-state index >= 15 is 0 Å². The molecule has 1 heterocycles. The van der Waals surface area contributed by atoms with Gasteiger partial charge in [0.25, 0.3) is 0 Å². The van der Waals surface area contributed by atoms with Crippen molar-refractivity contribution in [2.45, 2.75) is 19.4 Å². The third-order valence-electron chi connectivity index (χ3n) is 3.29. The average molecular weight is 230 g/mol. The molecule has 0 bridgehead atoms. The normalized spacial score (nSPS) is 18.5. The molecule has 1 aliphatic heterocycles. The summed E-state index contributed by atoms with van der Waals surface area (Å²) >= 11 is 0. The molecule has 0 amide bonds. The summed E-state index contributed by atoms with van der Waals surface area (Å²) < 4.78 is 5.70. The van der Waals surface area contributed by atoms with E-state index in [0.29, 0.717) is 13.2 Å². The number of nitrogens with zero attached hydrogens (tertiary/aromatic N) is 1. The van der Waals surface area contributed by atoms with Crippen LogP contribution in [0, 0.1) is 16.7 Å². The summed E-state index contributed by atoms with van der Waals surface area (Å²) in [5, 5.41) is 12.6. The van der Waals surface area contributed by atoms with Crippen molar-refractivity contribution in [3.05, 3.63) is 35.9 Å². The molecule has 1 saturated heterocycles. The Morgan fingerprint density at radius 1 is 1.24 bits per heavy atom. The van der Waals surface area contributed by atoms with Gasteiger partial charge in [-0.3, -0.25) is 0 Å². The summed E-state index contributed by atoms with van der Waals surface area (Å²) in [6.45, 7) is 2.97. The molecule has 0 atom stereocenters. The zero-order chi connectivity index (χ0) is 12.0. The van der Waals surface area contributed by atoms with E-state index in [-0.39, 0.29) is 5.41 Å². The summed E-state index contributed by atoms with van der Waals surface area (Å²) in [4.78, 5) is 0. The summed E-state index contributed by atoms with van der Waals surface area (Å²) in [6.07, 6.45) is 1.77. The number of hydrogen-bond donors (Lipinski definition) is 1. The van der Waals surface area contributed by atoms with Gasteiger partial charge < -0.3 is 10.1 Å². The largest absolute Gasteiger partial charge is 0.375 e. The van der Waals surface area contributed by atoms with Crippen LogP contribution < -0.4 is 5.32 Å². The van der Waals surface area contributed by atoms with E-state index < -0.39 is 0 Å².